The van der Waals surface area contributed by atoms with Crippen molar-refractivity contribution in [1.82, 2.24) is 20.0 Å². The number of hydrogen-bond donors (Lipinski definition) is 1. The average molecular weight is 508 g/mol. The molecular weight excluding hydrogens is 475 g/mol. The summed E-state index contributed by atoms with van der Waals surface area (Å²) in [5.41, 5.74) is 4.91. The van der Waals surface area contributed by atoms with Crippen LogP contribution in [0.1, 0.15) is 36.6 Å². The predicted octanol–water partition coefficient (Wildman–Crippen LogP) is 3.75. The summed E-state index contributed by atoms with van der Waals surface area (Å²) >= 11 is 0. The third-order valence-corrected chi connectivity index (χ3v) is 5.01. The summed E-state index contributed by atoms with van der Waals surface area (Å²) in [6.45, 7) is 7.87. The fourth-order valence-corrected chi connectivity index (χ4v) is 3.61. The zero-order valence-corrected chi connectivity index (χ0v) is 20.4. The second-order valence-electron chi connectivity index (χ2n) is 7.67. The van der Waals surface area contributed by atoms with Gasteiger partial charge >= 0.3 is 0 Å². The van der Waals surface area contributed by atoms with Crippen molar-refractivity contribution >= 4 is 35.6 Å². The SMILES string of the molecule is CN=C(NCc1cccc(N2CC=CC2)c1)N(C)Cc1cn(C)nc1C(C)C.I. The van der Waals surface area contributed by atoms with E-state index in [0.29, 0.717) is 5.92 Å². The van der Waals surface area contributed by atoms with E-state index >= 15 is 0 Å². The van der Waals surface area contributed by atoms with E-state index in [2.05, 4.69) is 88.7 Å². The van der Waals surface area contributed by atoms with Gasteiger partial charge in [-0.3, -0.25) is 9.67 Å². The molecule has 158 valence electrons. The number of aromatic nitrogens is 2. The van der Waals surface area contributed by atoms with Gasteiger partial charge < -0.3 is 15.1 Å². The lowest BCUT2D eigenvalue weighted by atomic mass is 10.1. The molecule has 1 N–H and O–H groups in total. The number of anilines is 1. The molecule has 1 aromatic carbocycles. The summed E-state index contributed by atoms with van der Waals surface area (Å²) in [7, 11) is 5.88. The van der Waals surface area contributed by atoms with E-state index in [4.69, 9.17) is 0 Å². The molecule has 2 heterocycles. The van der Waals surface area contributed by atoms with Crippen LogP contribution in [-0.2, 0) is 20.1 Å². The van der Waals surface area contributed by atoms with Crippen LogP contribution in [0.5, 0.6) is 0 Å². The number of benzene rings is 1. The van der Waals surface area contributed by atoms with Crippen LogP contribution in [0.2, 0.25) is 0 Å². The zero-order valence-electron chi connectivity index (χ0n) is 18.1. The molecular formula is C22H33IN6. The summed E-state index contributed by atoms with van der Waals surface area (Å²) in [6.07, 6.45) is 6.53. The lowest BCUT2D eigenvalue weighted by Crippen LogP contribution is -2.38. The summed E-state index contributed by atoms with van der Waals surface area (Å²) in [5, 5.41) is 8.10. The molecule has 2 aromatic rings. The van der Waals surface area contributed by atoms with E-state index in [1.54, 1.807) is 0 Å². The summed E-state index contributed by atoms with van der Waals surface area (Å²) in [4.78, 5) is 8.98. The Morgan fingerprint density at radius 2 is 2.00 bits per heavy atom. The van der Waals surface area contributed by atoms with Gasteiger partial charge in [0.2, 0.25) is 0 Å². The van der Waals surface area contributed by atoms with Crippen molar-refractivity contribution in [3.8, 4) is 0 Å². The second-order valence-corrected chi connectivity index (χ2v) is 7.67. The molecule has 0 unspecified atom stereocenters. The number of rotatable bonds is 6. The van der Waals surface area contributed by atoms with E-state index < -0.39 is 0 Å². The molecule has 0 atom stereocenters. The van der Waals surface area contributed by atoms with E-state index in [1.165, 1.54) is 16.8 Å². The maximum Gasteiger partial charge on any atom is 0.193 e. The molecule has 29 heavy (non-hydrogen) atoms. The first kappa shape index (κ1) is 23.3. The molecule has 1 aliphatic heterocycles. The largest absolute Gasteiger partial charge is 0.364 e. The highest BCUT2D eigenvalue weighted by Crippen LogP contribution is 2.20. The topological polar surface area (TPSA) is 48.7 Å². The second kappa shape index (κ2) is 10.7. The van der Waals surface area contributed by atoms with E-state index in [0.717, 1.165) is 37.8 Å². The third-order valence-electron chi connectivity index (χ3n) is 5.01. The van der Waals surface area contributed by atoms with Crippen LogP contribution < -0.4 is 10.2 Å². The normalized spacial score (nSPS) is 13.7. The smallest absolute Gasteiger partial charge is 0.193 e. The minimum Gasteiger partial charge on any atom is -0.364 e. The molecule has 7 heteroatoms. The molecule has 1 aromatic heterocycles. The number of nitrogens with one attached hydrogen (secondary N) is 1. The average Bonchev–Trinajstić information content (AvgIpc) is 3.32. The highest BCUT2D eigenvalue weighted by atomic mass is 127. The van der Waals surface area contributed by atoms with Gasteiger partial charge in [-0.15, -0.1) is 24.0 Å². The van der Waals surface area contributed by atoms with Crippen molar-refractivity contribution in [1.29, 1.82) is 0 Å². The van der Waals surface area contributed by atoms with Crippen molar-refractivity contribution in [3.63, 3.8) is 0 Å². The minimum absolute atomic E-state index is 0. The van der Waals surface area contributed by atoms with Crippen molar-refractivity contribution < 1.29 is 0 Å². The van der Waals surface area contributed by atoms with Gasteiger partial charge in [0.15, 0.2) is 5.96 Å². The Bertz CT molecular complexity index is 847. The highest BCUT2D eigenvalue weighted by Gasteiger charge is 2.15. The lowest BCUT2D eigenvalue weighted by Gasteiger charge is -2.23. The van der Waals surface area contributed by atoms with Gasteiger partial charge in [0.1, 0.15) is 0 Å². The number of halogens is 1. The number of aliphatic imine (C=N–C) groups is 1. The third kappa shape index (κ3) is 5.98. The van der Waals surface area contributed by atoms with E-state index in [1.807, 2.05) is 18.8 Å². The Kier molecular flexibility index (Phi) is 8.55. The van der Waals surface area contributed by atoms with E-state index in [9.17, 15) is 0 Å². The summed E-state index contributed by atoms with van der Waals surface area (Å²) < 4.78 is 1.90. The van der Waals surface area contributed by atoms with Gasteiger partial charge in [-0.1, -0.05) is 38.1 Å². The van der Waals surface area contributed by atoms with Crippen LogP contribution in [0.3, 0.4) is 0 Å². The molecule has 0 bridgehead atoms. The number of aryl methyl sites for hydroxylation is 1. The Morgan fingerprint density at radius 1 is 1.28 bits per heavy atom. The van der Waals surface area contributed by atoms with Crippen LogP contribution in [0.4, 0.5) is 5.69 Å². The molecule has 6 nitrogen and oxygen atoms in total. The molecule has 3 rings (SSSR count). The van der Waals surface area contributed by atoms with Crippen LogP contribution in [0, 0.1) is 0 Å². The van der Waals surface area contributed by atoms with Crippen molar-refractivity contribution in [2.75, 3.05) is 32.1 Å². The summed E-state index contributed by atoms with van der Waals surface area (Å²) in [5.74, 6) is 1.29. The van der Waals surface area contributed by atoms with Crippen molar-refractivity contribution in [2.45, 2.75) is 32.9 Å². The highest BCUT2D eigenvalue weighted by molar-refractivity contribution is 14.0. The maximum atomic E-state index is 4.61. The van der Waals surface area contributed by atoms with Crippen molar-refractivity contribution in [2.24, 2.45) is 12.0 Å². The summed E-state index contributed by atoms with van der Waals surface area (Å²) in [6, 6.07) is 8.71. The number of hydrogen-bond acceptors (Lipinski definition) is 3. The fourth-order valence-electron chi connectivity index (χ4n) is 3.61. The van der Waals surface area contributed by atoms with Gasteiger partial charge in [0, 0.05) is 64.8 Å². The number of guanidine groups is 1. The van der Waals surface area contributed by atoms with Crippen molar-refractivity contribution in [3.05, 3.63) is 59.4 Å². The van der Waals surface area contributed by atoms with E-state index in [-0.39, 0.29) is 24.0 Å². The molecule has 0 aliphatic carbocycles. The first-order valence-electron chi connectivity index (χ1n) is 9.91. The Balaban J connectivity index is 0.00000300. The lowest BCUT2D eigenvalue weighted by molar-refractivity contribution is 0.473. The Morgan fingerprint density at radius 3 is 2.66 bits per heavy atom. The van der Waals surface area contributed by atoms with Crippen LogP contribution in [0.15, 0.2) is 47.6 Å². The molecule has 0 saturated carbocycles. The van der Waals surface area contributed by atoms with Gasteiger partial charge in [-0.05, 0) is 23.6 Å². The molecule has 1 aliphatic rings. The number of nitrogens with zero attached hydrogens (tertiary/aromatic N) is 5. The Hall–Kier alpha value is -2.03. The standard InChI is InChI=1S/C22H32N6.HI/c1-17(2)21-19(16-27(5)25-21)15-26(4)22(23-3)24-14-18-9-8-10-20(13-18)28-11-6-7-12-28;/h6-10,13,16-17H,11-12,14-15H2,1-5H3,(H,23,24);1H. The van der Waals surface area contributed by atoms with Gasteiger partial charge in [-0.2, -0.15) is 5.10 Å². The van der Waals surface area contributed by atoms with Gasteiger partial charge in [0.05, 0.1) is 5.69 Å². The fraction of sp³-hybridized carbons (Fsp3) is 0.455. The molecule has 0 amide bonds. The first-order chi connectivity index (χ1) is 13.5. The molecule has 0 fully saturated rings. The zero-order chi connectivity index (χ0) is 20.1. The predicted molar refractivity (Wildman–Crippen MR) is 132 cm³/mol. The van der Waals surface area contributed by atoms with Gasteiger partial charge in [-0.25, -0.2) is 0 Å². The van der Waals surface area contributed by atoms with Gasteiger partial charge in [0.25, 0.3) is 0 Å². The van der Waals surface area contributed by atoms with Crippen LogP contribution >= 0.6 is 24.0 Å². The monoisotopic (exact) mass is 508 g/mol. The molecule has 0 saturated heterocycles. The first-order valence-corrected chi connectivity index (χ1v) is 9.91. The minimum atomic E-state index is 0. The molecule has 0 radical (unpaired) electrons. The van der Waals surface area contributed by atoms with Crippen LogP contribution in [-0.4, -0.2) is 47.8 Å². The quantitative estimate of drug-likeness (QED) is 0.280. The molecule has 0 spiro atoms. The Labute approximate surface area is 191 Å². The maximum absolute atomic E-state index is 4.61. The van der Waals surface area contributed by atoms with Crippen LogP contribution in [0.25, 0.3) is 0 Å².